The number of fused-ring (bicyclic) bond motifs is 1. The summed E-state index contributed by atoms with van der Waals surface area (Å²) in [6, 6.07) is 1.94. The van der Waals surface area contributed by atoms with Crippen molar-refractivity contribution in [2.75, 3.05) is 6.61 Å². The van der Waals surface area contributed by atoms with Crippen LogP contribution < -0.4 is 0 Å². The van der Waals surface area contributed by atoms with Gasteiger partial charge in [0.25, 0.3) is 0 Å². The number of aromatic nitrogens is 2. The monoisotopic (exact) mass is 284 g/mol. The molecule has 98 valence electrons. The molecule has 0 unspecified atom stereocenters. The molecule has 0 saturated carbocycles. The van der Waals surface area contributed by atoms with Crippen LogP contribution in [0.2, 0.25) is 5.15 Å². The Morgan fingerprint density at radius 3 is 3.00 bits per heavy atom. The largest absolute Gasteiger partial charge is 0.373 e. The summed E-state index contributed by atoms with van der Waals surface area (Å²) in [6.07, 6.45) is 4.84. The SMILES string of the molecule is CCCCCCOCc1nc(Cl)c2ccsc2n1. The third-order valence-electron chi connectivity index (χ3n) is 2.70. The van der Waals surface area contributed by atoms with Crippen LogP contribution in [-0.2, 0) is 11.3 Å². The summed E-state index contributed by atoms with van der Waals surface area (Å²) >= 11 is 7.66. The second kappa shape index (κ2) is 7.02. The van der Waals surface area contributed by atoms with Gasteiger partial charge in [-0.2, -0.15) is 0 Å². The van der Waals surface area contributed by atoms with Crippen molar-refractivity contribution in [2.24, 2.45) is 0 Å². The van der Waals surface area contributed by atoms with Gasteiger partial charge in [-0.3, -0.25) is 0 Å². The van der Waals surface area contributed by atoms with Gasteiger partial charge < -0.3 is 4.74 Å². The Balaban J connectivity index is 1.84. The minimum atomic E-state index is 0.444. The Kier molecular flexibility index (Phi) is 5.35. The number of halogens is 1. The lowest BCUT2D eigenvalue weighted by atomic mass is 10.2. The van der Waals surface area contributed by atoms with Gasteiger partial charge in [-0.15, -0.1) is 11.3 Å². The Morgan fingerprint density at radius 2 is 2.17 bits per heavy atom. The van der Waals surface area contributed by atoms with Gasteiger partial charge in [-0.1, -0.05) is 37.8 Å². The van der Waals surface area contributed by atoms with Crippen LogP contribution in [0.4, 0.5) is 0 Å². The highest BCUT2D eigenvalue weighted by atomic mass is 35.5. The summed E-state index contributed by atoms with van der Waals surface area (Å²) in [6.45, 7) is 3.41. The molecule has 0 aliphatic heterocycles. The summed E-state index contributed by atoms with van der Waals surface area (Å²) in [5.74, 6) is 0.672. The van der Waals surface area contributed by atoms with Crippen LogP contribution in [0.25, 0.3) is 10.2 Å². The van der Waals surface area contributed by atoms with Crippen LogP contribution >= 0.6 is 22.9 Å². The summed E-state index contributed by atoms with van der Waals surface area (Å²) in [5.41, 5.74) is 0. The molecule has 0 aromatic carbocycles. The Bertz CT molecular complexity index is 501. The zero-order chi connectivity index (χ0) is 12.8. The fraction of sp³-hybridized carbons (Fsp3) is 0.538. The predicted molar refractivity (Wildman–Crippen MR) is 76.2 cm³/mol. The van der Waals surface area contributed by atoms with Crippen LogP contribution in [0.5, 0.6) is 0 Å². The lowest BCUT2D eigenvalue weighted by Crippen LogP contribution is -2.00. The molecule has 0 bridgehead atoms. The molecule has 18 heavy (non-hydrogen) atoms. The van der Waals surface area contributed by atoms with Crippen molar-refractivity contribution in [1.29, 1.82) is 0 Å². The average Bonchev–Trinajstić information content (AvgIpc) is 2.82. The van der Waals surface area contributed by atoms with Gasteiger partial charge in [0.05, 0.1) is 0 Å². The first kappa shape index (κ1) is 13.7. The van der Waals surface area contributed by atoms with E-state index in [1.807, 2.05) is 11.4 Å². The molecule has 0 atom stereocenters. The maximum atomic E-state index is 6.08. The lowest BCUT2D eigenvalue weighted by Gasteiger charge is -2.04. The number of hydrogen-bond donors (Lipinski definition) is 0. The van der Waals surface area contributed by atoms with E-state index in [-0.39, 0.29) is 0 Å². The summed E-state index contributed by atoms with van der Waals surface area (Å²) in [7, 11) is 0. The number of nitrogens with zero attached hydrogens (tertiary/aromatic N) is 2. The molecule has 2 aromatic rings. The Morgan fingerprint density at radius 1 is 1.28 bits per heavy atom. The standard InChI is InChI=1S/C13H17ClN2OS/c1-2-3-4-5-7-17-9-11-15-12(14)10-6-8-18-13(10)16-11/h6,8H,2-5,7,9H2,1H3. The van der Waals surface area contributed by atoms with Crippen molar-refractivity contribution in [3.8, 4) is 0 Å². The molecule has 0 saturated heterocycles. The van der Waals surface area contributed by atoms with Gasteiger partial charge >= 0.3 is 0 Å². The molecule has 0 fully saturated rings. The predicted octanol–water partition coefficient (Wildman–Crippen LogP) is 4.44. The second-order valence-electron chi connectivity index (χ2n) is 4.18. The molecule has 0 aliphatic rings. The summed E-state index contributed by atoms with van der Waals surface area (Å²) < 4.78 is 5.57. The average molecular weight is 285 g/mol. The Labute approximate surface area is 116 Å². The Hall–Kier alpha value is -0.710. The first-order chi connectivity index (χ1) is 8.81. The molecule has 0 aliphatic carbocycles. The summed E-state index contributed by atoms with van der Waals surface area (Å²) in [5, 5.41) is 3.42. The lowest BCUT2D eigenvalue weighted by molar-refractivity contribution is 0.112. The zero-order valence-electron chi connectivity index (χ0n) is 10.5. The molecular formula is C13H17ClN2OS. The van der Waals surface area contributed by atoms with Crippen LogP contribution in [0.1, 0.15) is 38.4 Å². The molecule has 2 heterocycles. The second-order valence-corrected chi connectivity index (χ2v) is 5.44. The van der Waals surface area contributed by atoms with Gasteiger partial charge in [0.2, 0.25) is 0 Å². The van der Waals surface area contributed by atoms with Crippen molar-refractivity contribution >= 4 is 33.2 Å². The highest BCUT2D eigenvalue weighted by Gasteiger charge is 2.06. The van der Waals surface area contributed by atoms with Crippen LogP contribution in [0, 0.1) is 0 Å². The van der Waals surface area contributed by atoms with E-state index in [0.717, 1.165) is 23.2 Å². The normalized spacial score (nSPS) is 11.2. The molecule has 3 nitrogen and oxygen atoms in total. The van der Waals surface area contributed by atoms with E-state index < -0.39 is 0 Å². The number of hydrogen-bond acceptors (Lipinski definition) is 4. The quantitative estimate of drug-likeness (QED) is 0.557. The molecule has 2 aromatic heterocycles. The van der Waals surface area contributed by atoms with Crippen molar-refractivity contribution in [2.45, 2.75) is 39.2 Å². The molecular weight excluding hydrogens is 268 g/mol. The van der Waals surface area contributed by atoms with Crippen LogP contribution in [0.15, 0.2) is 11.4 Å². The topological polar surface area (TPSA) is 35.0 Å². The first-order valence-electron chi connectivity index (χ1n) is 6.28. The smallest absolute Gasteiger partial charge is 0.157 e. The fourth-order valence-corrected chi connectivity index (χ4v) is 2.81. The van der Waals surface area contributed by atoms with E-state index in [4.69, 9.17) is 16.3 Å². The minimum absolute atomic E-state index is 0.444. The van der Waals surface area contributed by atoms with E-state index in [1.54, 1.807) is 11.3 Å². The maximum Gasteiger partial charge on any atom is 0.157 e. The number of ether oxygens (including phenoxy) is 1. The van der Waals surface area contributed by atoms with Gasteiger partial charge in [0.15, 0.2) is 5.82 Å². The van der Waals surface area contributed by atoms with E-state index in [2.05, 4.69) is 16.9 Å². The van der Waals surface area contributed by atoms with Gasteiger partial charge in [0, 0.05) is 12.0 Å². The summed E-state index contributed by atoms with van der Waals surface area (Å²) in [4.78, 5) is 9.60. The number of thiophene rings is 1. The zero-order valence-corrected chi connectivity index (χ0v) is 12.1. The number of unbranched alkanes of at least 4 members (excludes halogenated alkanes) is 3. The van der Waals surface area contributed by atoms with Gasteiger partial charge in [-0.05, 0) is 17.9 Å². The third-order valence-corrected chi connectivity index (χ3v) is 3.79. The first-order valence-corrected chi connectivity index (χ1v) is 7.54. The van der Waals surface area contributed by atoms with E-state index in [0.29, 0.717) is 17.6 Å². The molecule has 5 heteroatoms. The molecule has 0 radical (unpaired) electrons. The van der Waals surface area contributed by atoms with Crippen molar-refractivity contribution in [1.82, 2.24) is 9.97 Å². The van der Waals surface area contributed by atoms with Crippen LogP contribution in [0.3, 0.4) is 0 Å². The number of rotatable bonds is 7. The fourth-order valence-electron chi connectivity index (χ4n) is 1.72. The van der Waals surface area contributed by atoms with E-state index in [9.17, 15) is 0 Å². The molecule has 0 amide bonds. The minimum Gasteiger partial charge on any atom is -0.373 e. The molecule has 0 spiro atoms. The maximum absolute atomic E-state index is 6.08. The van der Waals surface area contributed by atoms with Gasteiger partial charge in [0.1, 0.15) is 16.6 Å². The molecule has 0 N–H and O–H groups in total. The van der Waals surface area contributed by atoms with E-state index >= 15 is 0 Å². The third kappa shape index (κ3) is 3.64. The van der Waals surface area contributed by atoms with E-state index in [1.165, 1.54) is 19.3 Å². The van der Waals surface area contributed by atoms with Crippen molar-refractivity contribution in [3.63, 3.8) is 0 Å². The van der Waals surface area contributed by atoms with Crippen molar-refractivity contribution in [3.05, 3.63) is 22.4 Å². The highest BCUT2D eigenvalue weighted by molar-refractivity contribution is 7.16. The van der Waals surface area contributed by atoms with Gasteiger partial charge in [-0.25, -0.2) is 9.97 Å². The van der Waals surface area contributed by atoms with Crippen LogP contribution in [-0.4, -0.2) is 16.6 Å². The molecule has 2 rings (SSSR count). The van der Waals surface area contributed by atoms with Crippen molar-refractivity contribution < 1.29 is 4.74 Å². The highest BCUT2D eigenvalue weighted by Crippen LogP contribution is 2.24.